The molecule has 1 rings (SSSR count). The van der Waals surface area contributed by atoms with E-state index in [0.717, 1.165) is 0 Å². The van der Waals surface area contributed by atoms with Crippen molar-refractivity contribution in [2.24, 2.45) is 0 Å². The molecule has 0 fully saturated rings. The second-order valence-electron chi connectivity index (χ2n) is 3.84. The lowest BCUT2D eigenvalue weighted by Crippen LogP contribution is -2.28. The fourth-order valence-electron chi connectivity index (χ4n) is 1.51. The lowest BCUT2D eigenvalue weighted by molar-refractivity contribution is -0.384. The van der Waals surface area contributed by atoms with Gasteiger partial charge in [0, 0.05) is 6.54 Å². The molecule has 20 heavy (non-hydrogen) atoms. The van der Waals surface area contributed by atoms with Crippen LogP contribution in [0.2, 0.25) is 0 Å². The van der Waals surface area contributed by atoms with Crippen LogP contribution in [0.4, 0.5) is 11.4 Å². The highest BCUT2D eigenvalue weighted by atomic mass is 16.6. The summed E-state index contributed by atoms with van der Waals surface area (Å²) >= 11 is 0. The van der Waals surface area contributed by atoms with Crippen LogP contribution in [0.5, 0.6) is 5.75 Å². The summed E-state index contributed by atoms with van der Waals surface area (Å²) in [6.45, 7) is 6.24. The number of rotatable bonds is 8. The highest BCUT2D eigenvalue weighted by Gasteiger charge is 2.17. The van der Waals surface area contributed by atoms with E-state index in [1.54, 1.807) is 19.1 Å². The smallest absolute Gasteiger partial charge is 0.296 e. The molecular weight excluding hydrogens is 262 g/mol. The Morgan fingerprint density at radius 1 is 1.55 bits per heavy atom. The van der Waals surface area contributed by atoms with Gasteiger partial charge in [-0.15, -0.1) is 6.58 Å². The Bertz CT molecular complexity index is 502. The molecule has 1 amide bonds. The first-order valence-electron chi connectivity index (χ1n) is 6.11. The molecule has 2 N–H and O–H groups in total. The van der Waals surface area contributed by atoms with Gasteiger partial charge < -0.3 is 15.4 Å². The van der Waals surface area contributed by atoms with E-state index in [4.69, 9.17) is 4.74 Å². The second-order valence-corrected chi connectivity index (χ2v) is 3.84. The SMILES string of the molecule is C=CCNCC(=O)Nc1ccc(OCC)cc1[N+](=O)[O-]. The van der Waals surface area contributed by atoms with Crippen molar-refractivity contribution >= 4 is 17.3 Å². The molecule has 0 radical (unpaired) electrons. The summed E-state index contributed by atoms with van der Waals surface area (Å²) in [4.78, 5) is 22.0. The van der Waals surface area contributed by atoms with Crippen LogP contribution in [0.25, 0.3) is 0 Å². The topological polar surface area (TPSA) is 93.5 Å². The van der Waals surface area contributed by atoms with Gasteiger partial charge in [-0.05, 0) is 19.1 Å². The van der Waals surface area contributed by atoms with Crippen LogP contribution in [0.3, 0.4) is 0 Å². The summed E-state index contributed by atoms with van der Waals surface area (Å²) in [5.74, 6) is 0.0288. The van der Waals surface area contributed by atoms with E-state index in [1.807, 2.05) is 0 Å². The number of nitrogens with zero attached hydrogens (tertiary/aromatic N) is 1. The number of nitro benzene ring substituents is 1. The average molecular weight is 279 g/mol. The van der Waals surface area contributed by atoms with Crippen molar-refractivity contribution in [2.75, 3.05) is 25.0 Å². The molecule has 0 aromatic heterocycles. The van der Waals surface area contributed by atoms with Crippen LogP contribution in [-0.2, 0) is 4.79 Å². The number of carbonyl (C=O) groups is 1. The highest BCUT2D eigenvalue weighted by Crippen LogP contribution is 2.28. The third-order valence-electron chi connectivity index (χ3n) is 2.33. The van der Waals surface area contributed by atoms with Crippen LogP contribution >= 0.6 is 0 Å². The van der Waals surface area contributed by atoms with E-state index >= 15 is 0 Å². The van der Waals surface area contributed by atoms with Gasteiger partial charge in [0.2, 0.25) is 5.91 Å². The summed E-state index contributed by atoms with van der Waals surface area (Å²) in [6, 6.07) is 4.31. The maximum Gasteiger partial charge on any atom is 0.296 e. The fourth-order valence-corrected chi connectivity index (χ4v) is 1.51. The monoisotopic (exact) mass is 279 g/mol. The van der Waals surface area contributed by atoms with E-state index in [9.17, 15) is 14.9 Å². The number of amides is 1. The van der Waals surface area contributed by atoms with Crippen LogP contribution in [0.1, 0.15) is 6.92 Å². The predicted octanol–water partition coefficient (Wildman–Crippen LogP) is 1.71. The molecule has 0 spiro atoms. The quantitative estimate of drug-likeness (QED) is 0.327. The van der Waals surface area contributed by atoms with Crippen LogP contribution in [-0.4, -0.2) is 30.5 Å². The zero-order chi connectivity index (χ0) is 15.0. The summed E-state index contributed by atoms with van der Waals surface area (Å²) in [5, 5.41) is 16.3. The Morgan fingerprint density at radius 2 is 2.30 bits per heavy atom. The molecule has 1 aromatic carbocycles. The number of carbonyl (C=O) groups excluding carboxylic acids is 1. The Balaban J connectivity index is 2.80. The minimum atomic E-state index is -0.560. The highest BCUT2D eigenvalue weighted by molar-refractivity contribution is 5.94. The van der Waals surface area contributed by atoms with Crippen molar-refractivity contribution in [1.82, 2.24) is 5.32 Å². The largest absolute Gasteiger partial charge is 0.494 e. The molecule has 0 unspecified atom stereocenters. The third kappa shape index (κ3) is 4.69. The normalized spacial score (nSPS) is 9.85. The Labute approximate surface area is 116 Å². The second kappa shape index (κ2) is 7.90. The van der Waals surface area contributed by atoms with Crippen molar-refractivity contribution in [3.05, 3.63) is 41.0 Å². The molecule has 0 aliphatic carbocycles. The summed E-state index contributed by atoms with van der Waals surface area (Å²) in [6.07, 6.45) is 1.62. The molecule has 0 atom stereocenters. The van der Waals surface area contributed by atoms with Crippen LogP contribution in [0, 0.1) is 10.1 Å². The van der Waals surface area contributed by atoms with Gasteiger partial charge in [-0.25, -0.2) is 0 Å². The van der Waals surface area contributed by atoms with Gasteiger partial charge in [-0.1, -0.05) is 6.08 Å². The Hall–Kier alpha value is -2.41. The number of ether oxygens (including phenoxy) is 1. The Morgan fingerprint density at radius 3 is 2.90 bits per heavy atom. The van der Waals surface area contributed by atoms with Crippen molar-refractivity contribution in [2.45, 2.75) is 6.92 Å². The number of anilines is 1. The van der Waals surface area contributed by atoms with E-state index in [-0.39, 0.29) is 23.8 Å². The number of hydrogen-bond donors (Lipinski definition) is 2. The van der Waals surface area contributed by atoms with Crippen molar-refractivity contribution < 1.29 is 14.5 Å². The molecule has 0 aliphatic rings. The number of hydrogen-bond acceptors (Lipinski definition) is 5. The van der Waals surface area contributed by atoms with E-state index < -0.39 is 4.92 Å². The standard InChI is InChI=1S/C13H17N3O4/c1-3-7-14-9-13(17)15-11-6-5-10(20-4-2)8-12(11)16(18)19/h3,5-6,8,14H,1,4,7,9H2,2H3,(H,15,17). The van der Waals surface area contributed by atoms with Crippen molar-refractivity contribution in [1.29, 1.82) is 0 Å². The van der Waals surface area contributed by atoms with Gasteiger partial charge in [0.25, 0.3) is 5.69 Å². The van der Waals surface area contributed by atoms with E-state index in [2.05, 4.69) is 17.2 Å². The zero-order valence-electron chi connectivity index (χ0n) is 11.2. The number of nitro groups is 1. The zero-order valence-corrected chi connectivity index (χ0v) is 11.2. The van der Waals surface area contributed by atoms with E-state index in [1.165, 1.54) is 12.1 Å². The minimum Gasteiger partial charge on any atom is -0.494 e. The first kappa shape index (κ1) is 15.6. The summed E-state index contributed by atoms with van der Waals surface area (Å²) < 4.78 is 5.20. The van der Waals surface area contributed by atoms with Gasteiger partial charge >= 0.3 is 0 Å². The van der Waals surface area contributed by atoms with Gasteiger partial charge in [-0.3, -0.25) is 14.9 Å². The Kier molecular flexibility index (Phi) is 6.18. The summed E-state index contributed by atoms with van der Waals surface area (Å²) in [7, 11) is 0. The fraction of sp³-hybridized carbons (Fsp3) is 0.308. The van der Waals surface area contributed by atoms with E-state index in [0.29, 0.717) is 18.9 Å². The third-order valence-corrected chi connectivity index (χ3v) is 2.33. The molecule has 0 bridgehead atoms. The molecular formula is C13H17N3O4. The maximum atomic E-state index is 11.6. The molecule has 0 saturated carbocycles. The molecule has 108 valence electrons. The first-order valence-corrected chi connectivity index (χ1v) is 6.11. The summed E-state index contributed by atoms with van der Waals surface area (Å²) in [5.41, 5.74) is -0.0584. The van der Waals surface area contributed by atoms with Gasteiger partial charge in [0.15, 0.2) is 0 Å². The molecule has 0 saturated heterocycles. The predicted molar refractivity (Wildman–Crippen MR) is 76.0 cm³/mol. The first-order chi connectivity index (χ1) is 9.58. The number of benzene rings is 1. The van der Waals surface area contributed by atoms with Crippen molar-refractivity contribution in [3.63, 3.8) is 0 Å². The number of nitrogens with one attached hydrogen (secondary N) is 2. The molecule has 0 heterocycles. The van der Waals surface area contributed by atoms with Gasteiger partial charge in [-0.2, -0.15) is 0 Å². The average Bonchev–Trinajstić information content (AvgIpc) is 2.41. The lowest BCUT2D eigenvalue weighted by atomic mass is 10.2. The van der Waals surface area contributed by atoms with Gasteiger partial charge in [0.1, 0.15) is 11.4 Å². The van der Waals surface area contributed by atoms with Crippen LogP contribution < -0.4 is 15.4 Å². The minimum absolute atomic E-state index is 0.0520. The van der Waals surface area contributed by atoms with Crippen molar-refractivity contribution in [3.8, 4) is 5.75 Å². The van der Waals surface area contributed by atoms with Gasteiger partial charge in [0.05, 0.1) is 24.1 Å². The van der Waals surface area contributed by atoms with Crippen LogP contribution in [0.15, 0.2) is 30.9 Å². The maximum absolute atomic E-state index is 11.6. The molecule has 7 nitrogen and oxygen atoms in total. The lowest BCUT2D eigenvalue weighted by Gasteiger charge is -2.08. The molecule has 0 aliphatic heterocycles. The molecule has 7 heteroatoms. The molecule has 1 aromatic rings.